The predicted molar refractivity (Wildman–Crippen MR) is 190 cm³/mol. The van der Waals surface area contributed by atoms with Gasteiger partial charge in [0.05, 0.1) is 30.3 Å². The Kier molecular flexibility index (Phi) is 9.24. The Balaban J connectivity index is 1.22. The van der Waals surface area contributed by atoms with E-state index in [0.717, 1.165) is 18.1 Å². The molecule has 3 aliphatic rings. The molecule has 7 rings (SSSR count). The number of carbonyl (C=O) groups is 4. The van der Waals surface area contributed by atoms with Crippen LogP contribution >= 0.6 is 0 Å². The highest BCUT2D eigenvalue weighted by molar-refractivity contribution is 6.06. The molecule has 1 aromatic carbocycles. The van der Waals surface area contributed by atoms with Crippen LogP contribution < -0.4 is 5.32 Å². The molecule has 12 nitrogen and oxygen atoms in total. The number of aryl methyl sites for hydroxylation is 1. The second-order valence-electron chi connectivity index (χ2n) is 15.5. The van der Waals surface area contributed by atoms with Crippen molar-refractivity contribution in [1.82, 2.24) is 34.9 Å². The number of rotatable bonds is 5. The van der Waals surface area contributed by atoms with Crippen LogP contribution in [0.3, 0.4) is 0 Å². The molecule has 1 aliphatic carbocycles. The summed E-state index contributed by atoms with van der Waals surface area (Å²) in [6.45, 7) is 8.14. The second-order valence-corrected chi connectivity index (χ2v) is 15.5. The molecule has 4 aromatic rings. The number of likely N-dealkylation sites (tertiary alicyclic amines) is 1. The number of hydrogen-bond donors (Lipinski definition) is 1. The molecule has 2 fully saturated rings. The van der Waals surface area contributed by atoms with Crippen LogP contribution in [0.15, 0.2) is 42.7 Å². The van der Waals surface area contributed by atoms with E-state index in [1.54, 1.807) is 30.3 Å². The number of aromatic nitrogens is 5. The van der Waals surface area contributed by atoms with E-state index in [-0.39, 0.29) is 66.9 Å². The fourth-order valence-electron chi connectivity index (χ4n) is 7.76. The zero-order valence-corrected chi connectivity index (χ0v) is 30.5. The molecule has 2 amide bonds. The molecule has 1 N–H and O–H groups in total. The zero-order valence-electron chi connectivity index (χ0n) is 30.5. The highest BCUT2D eigenvalue weighted by atomic mass is 19.3. The Labute approximate surface area is 305 Å². The van der Waals surface area contributed by atoms with Crippen LogP contribution in [-0.4, -0.2) is 78.2 Å². The fraction of sp³-hybridized carbons (Fsp3) is 0.487. The van der Waals surface area contributed by atoms with Gasteiger partial charge in [-0.15, -0.1) is 0 Å². The number of piperidine rings is 1. The van der Waals surface area contributed by atoms with E-state index >= 15 is 0 Å². The minimum absolute atomic E-state index is 0.0567. The molecule has 1 spiro atoms. The smallest absolute Gasteiger partial charge is 0.286 e. The van der Waals surface area contributed by atoms with E-state index in [4.69, 9.17) is 4.74 Å². The van der Waals surface area contributed by atoms with Gasteiger partial charge in [-0.3, -0.25) is 28.8 Å². The number of ether oxygens (including phenoxy) is 1. The number of pyridine rings is 1. The quantitative estimate of drug-likeness (QED) is 0.276. The maximum atomic E-state index is 14.4. The number of fused-ring (bicyclic) bond motifs is 3. The molecule has 0 radical (unpaired) electrons. The first kappa shape index (κ1) is 36.4. The van der Waals surface area contributed by atoms with Gasteiger partial charge in [0.15, 0.2) is 11.6 Å². The topological polar surface area (TPSA) is 149 Å². The molecule has 14 heteroatoms. The molecule has 3 aromatic heterocycles. The van der Waals surface area contributed by atoms with Gasteiger partial charge in [0.25, 0.3) is 5.92 Å². The van der Waals surface area contributed by atoms with Gasteiger partial charge in [-0.1, -0.05) is 26.0 Å². The molecule has 278 valence electrons. The van der Waals surface area contributed by atoms with Gasteiger partial charge in [-0.25, -0.2) is 9.97 Å². The van der Waals surface area contributed by atoms with Gasteiger partial charge in [0.1, 0.15) is 23.8 Å². The van der Waals surface area contributed by atoms with Crippen molar-refractivity contribution in [2.75, 3.05) is 13.2 Å². The van der Waals surface area contributed by atoms with Gasteiger partial charge >= 0.3 is 0 Å². The van der Waals surface area contributed by atoms with E-state index in [1.807, 2.05) is 26.0 Å². The molecule has 2 aliphatic heterocycles. The highest BCUT2D eigenvalue weighted by Gasteiger charge is 2.67. The van der Waals surface area contributed by atoms with E-state index < -0.39 is 28.5 Å². The van der Waals surface area contributed by atoms with Gasteiger partial charge in [-0.05, 0) is 61.9 Å². The Hall–Kier alpha value is -4.98. The van der Waals surface area contributed by atoms with Crippen molar-refractivity contribution >= 4 is 34.3 Å². The van der Waals surface area contributed by atoms with Crippen LogP contribution in [0.5, 0.6) is 0 Å². The molecular formula is C39H43F2N7O5. The first-order chi connectivity index (χ1) is 25.1. The summed E-state index contributed by atoms with van der Waals surface area (Å²) in [7, 11) is 0. The molecular weight excluding hydrogens is 684 g/mol. The lowest BCUT2D eigenvalue weighted by molar-refractivity contribution is -0.139. The third kappa shape index (κ3) is 7.08. The molecule has 2 bridgehead atoms. The third-order valence-corrected chi connectivity index (χ3v) is 11.0. The lowest BCUT2D eigenvalue weighted by Crippen LogP contribution is -2.45. The van der Waals surface area contributed by atoms with Crippen molar-refractivity contribution in [2.45, 2.75) is 97.9 Å². The maximum absolute atomic E-state index is 14.4. The Morgan fingerprint density at radius 2 is 1.83 bits per heavy atom. The Morgan fingerprint density at radius 1 is 1.08 bits per heavy atom. The van der Waals surface area contributed by atoms with Crippen LogP contribution in [0.25, 0.3) is 22.0 Å². The first-order valence-electron chi connectivity index (χ1n) is 17.9. The largest absolute Gasteiger partial charge is 0.377 e. The summed E-state index contributed by atoms with van der Waals surface area (Å²) in [6, 6.07) is 7.02. The van der Waals surface area contributed by atoms with Crippen LogP contribution in [-0.2, 0) is 44.6 Å². The van der Waals surface area contributed by atoms with Gasteiger partial charge in [-0.2, -0.15) is 13.9 Å². The summed E-state index contributed by atoms with van der Waals surface area (Å²) < 4.78 is 36.2. The molecule has 0 unspecified atom stereocenters. The number of nitrogens with one attached hydrogen (secondary N) is 1. The van der Waals surface area contributed by atoms with Crippen LogP contribution in [0, 0.1) is 17.8 Å². The summed E-state index contributed by atoms with van der Waals surface area (Å²) in [5, 5.41) is 8.23. The number of ketones is 2. The van der Waals surface area contributed by atoms with Crippen molar-refractivity contribution in [3.8, 4) is 11.1 Å². The molecule has 3 atom stereocenters. The fourth-order valence-corrected chi connectivity index (χ4v) is 7.76. The minimum atomic E-state index is -3.22. The third-order valence-electron chi connectivity index (χ3n) is 11.0. The standard InChI is InChI=1S/C39H43F2N7O5/c1-22(49)35-27-13-24(26-17-42-23(2)43-18-26)7-9-29(27)47(46-35)19-34(51)48-30-15-39(16-33(39)48)21-44-36(52)37(3,4)11-6-12-53-20-25-8-10-32(38(5,40)41)45-28(25)14-31(30)50/h7-10,13,17-18,30,33H,6,11-12,14-16,19-21H2,1-5H3,(H,44,52)/t30-,33+,39-/m0/s1. The summed E-state index contributed by atoms with van der Waals surface area (Å²) in [5.41, 5.74) is 1.36. The summed E-state index contributed by atoms with van der Waals surface area (Å²) in [6.07, 6.45) is 5.18. The number of halogens is 2. The first-order valence-corrected chi connectivity index (χ1v) is 17.9. The average Bonchev–Trinajstić information content (AvgIpc) is 3.52. The summed E-state index contributed by atoms with van der Waals surface area (Å²) in [4.78, 5) is 69.2. The van der Waals surface area contributed by atoms with Crippen molar-refractivity contribution in [3.63, 3.8) is 0 Å². The minimum Gasteiger partial charge on any atom is -0.377 e. The number of carbonyl (C=O) groups excluding carboxylic acids is 4. The molecule has 1 saturated carbocycles. The highest BCUT2D eigenvalue weighted by Crippen LogP contribution is 2.59. The van der Waals surface area contributed by atoms with Gasteiger partial charge in [0.2, 0.25) is 11.8 Å². The average molecular weight is 728 g/mol. The van der Waals surface area contributed by atoms with Crippen LogP contribution in [0.2, 0.25) is 0 Å². The summed E-state index contributed by atoms with van der Waals surface area (Å²) in [5.74, 6) is -3.70. The monoisotopic (exact) mass is 727 g/mol. The lowest BCUT2D eigenvalue weighted by atomic mass is 9.86. The van der Waals surface area contributed by atoms with E-state index in [9.17, 15) is 28.0 Å². The molecule has 1 saturated heterocycles. The van der Waals surface area contributed by atoms with Gasteiger partial charge < -0.3 is 15.0 Å². The van der Waals surface area contributed by atoms with Crippen molar-refractivity contribution in [3.05, 3.63) is 71.2 Å². The maximum Gasteiger partial charge on any atom is 0.286 e. The van der Waals surface area contributed by atoms with E-state index in [0.29, 0.717) is 54.6 Å². The predicted octanol–water partition coefficient (Wildman–Crippen LogP) is 5.14. The van der Waals surface area contributed by atoms with Gasteiger partial charge in [0, 0.05) is 67.2 Å². The molecule has 5 heterocycles. The number of amides is 2. The lowest BCUT2D eigenvalue weighted by Gasteiger charge is -2.27. The summed E-state index contributed by atoms with van der Waals surface area (Å²) >= 11 is 0. The SMILES string of the molecule is CC(=O)c1nn(CC(=O)N2[C@H]3C[C@@]4(CNC(=O)C(C)(C)CCCOCc5ccc(C(C)(F)F)nc5CC3=O)C[C@@H]24)c2ccc(-c3cnc(C)nc3)cc12. The van der Waals surface area contributed by atoms with Crippen LogP contribution in [0.1, 0.15) is 86.6 Å². The Morgan fingerprint density at radius 3 is 2.55 bits per heavy atom. The van der Waals surface area contributed by atoms with Crippen molar-refractivity contribution in [2.24, 2.45) is 10.8 Å². The molecule has 53 heavy (non-hydrogen) atoms. The number of benzene rings is 1. The number of nitrogens with zero attached hydrogens (tertiary/aromatic N) is 6. The Bertz CT molecular complexity index is 2130. The normalized spacial score (nSPS) is 23.3. The number of alkyl halides is 2. The van der Waals surface area contributed by atoms with Crippen molar-refractivity contribution in [1.29, 1.82) is 0 Å². The zero-order chi connectivity index (χ0) is 37.9. The van der Waals surface area contributed by atoms with E-state index in [1.165, 1.54) is 23.7 Å². The second kappa shape index (κ2) is 13.5. The van der Waals surface area contributed by atoms with Crippen molar-refractivity contribution < 1.29 is 32.7 Å². The number of Topliss-reactive ketones (excluding diaryl/α,β-unsaturated/α-hetero) is 2. The number of hydrogen-bond acceptors (Lipinski definition) is 9. The van der Waals surface area contributed by atoms with E-state index in [2.05, 4.69) is 25.4 Å². The van der Waals surface area contributed by atoms with Crippen LogP contribution in [0.4, 0.5) is 8.78 Å².